The van der Waals surface area contributed by atoms with Crippen molar-refractivity contribution in [3.8, 4) is 11.4 Å². The van der Waals surface area contributed by atoms with Gasteiger partial charge in [0.2, 0.25) is 17.7 Å². The third-order valence-electron chi connectivity index (χ3n) is 3.08. The lowest BCUT2D eigenvalue weighted by Gasteiger charge is -2.13. The highest BCUT2D eigenvalue weighted by atomic mass is 16.5. The molecule has 0 aliphatic carbocycles. The van der Waals surface area contributed by atoms with E-state index >= 15 is 0 Å². The van der Waals surface area contributed by atoms with Gasteiger partial charge in [-0.3, -0.25) is 4.90 Å². The molecule has 2 heterocycles. The average Bonchev–Trinajstić information content (AvgIpc) is 2.99. The molecule has 0 amide bonds. The first-order valence-corrected chi connectivity index (χ1v) is 6.83. The van der Waals surface area contributed by atoms with Crippen molar-refractivity contribution in [2.75, 3.05) is 12.8 Å². The number of nitrogens with zero attached hydrogens (tertiary/aromatic N) is 5. The number of benzene rings is 1. The maximum absolute atomic E-state index is 5.47. The van der Waals surface area contributed by atoms with Gasteiger partial charge in [-0.05, 0) is 7.05 Å². The molecule has 7 heteroatoms. The summed E-state index contributed by atoms with van der Waals surface area (Å²) in [7, 11) is 1.96. The first-order valence-electron chi connectivity index (χ1n) is 6.83. The summed E-state index contributed by atoms with van der Waals surface area (Å²) in [5, 5.41) is 4.00. The normalized spacial score (nSPS) is 11.0. The minimum absolute atomic E-state index is 0.274. The largest absolute Gasteiger partial charge is 0.368 e. The summed E-state index contributed by atoms with van der Waals surface area (Å²) in [6.07, 6.45) is 3.42. The molecular weight excluding hydrogens is 280 g/mol. The van der Waals surface area contributed by atoms with Gasteiger partial charge in [0.05, 0.1) is 6.54 Å². The van der Waals surface area contributed by atoms with Gasteiger partial charge in [0.15, 0.2) is 0 Å². The van der Waals surface area contributed by atoms with Crippen molar-refractivity contribution in [1.82, 2.24) is 25.0 Å². The molecule has 0 spiro atoms. The van der Waals surface area contributed by atoms with Crippen molar-refractivity contribution in [2.24, 2.45) is 0 Å². The Bertz CT molecular complexity index is 725. The summed E-state index contributed by atoms with van der Waals surface area (Å²) in [5.74, 6) is 1.44. The van der Waals surface area contributed by atoms with Crippen molar-refractivity contribution in [1.29, 1.82) is 0 Å². The highest BCUT2D eigenvalue weighted by Crippen LogP contribution is 2.15. The molecule has 0 unspecified atom stereocenters. The van der Waals surface area contributed by atoms with Gasteiger partial charge < -0.3 is 10.3 Å². The van der Waals surface area contributed by atoms with Crippen LogP contribution in [0.25, 0.3) is 11.4 Å². The number of anilines is 1. The molecule has 1 aromatic carbocycles. The molecule has 0 saturated carbocycles. The van der Waals surface area contributed by atoms with E-state index in [0.29, 0.717) is 24.8 Å². The molecule has 7 nitrogen and oxygen atoms in total. The molecule has 2 N–H and O–H groups in total. The van der Waals surface area contributed by atoms with Crippen molar-refractivity contribution in [3.63, 3.8) is 0 Å². The third kappa shape index (κ3) is 3.44. The summed E-state index contributed by atoms with van der Waals surface area (Å²) in [5.41, 5.74) is 7.38. The molecule has 3 aromatic rings. The van der Waals surface area contributed by atoms with Gasteiger partial charge in [0.25, 0.3) is 0 Å². The molecular formula is C15H16N6O. The van der Waals surface area contributed by atoms with E-state index < -0.39 is 0 Å². The molecule has 3 rings (SSSR count). The first kappa shape index (κ1) is 14.2. The zero-order valence-corrected chi connectivity index (χ0v) is 12.2. The molecule has 0 aliphatic rings. The zero-order valence-electron chi connectivity index (χ0n) is 12.2. The van der Waals surface area contributed by atoms with Crippen LogP contribution < -0.4 is 5.73 Å². The predicted octanol–water partition coefficient (Wildman–Crippen LogP) is 1.74. The molecule has 0 atom stereocenters. The van der Waals surface area contributed by atoms with Gasteiger partial charge >= 0.3 is 0 Å². The summed E-state index contributed by atoms with van der Waals surface area (Å²) in [4.78, 5) is 14.4. The average molecular weight is 296 g/mol. The summed E-state index contributed by atoms with van der Waals surface area (Å²) in [6, 6.07) is 9.73. The topological polar surface area (TPSA) is 94.0 Å². The van der Waals surface area contributed by atoms with Gasteiger partial charge in [0, 0.05) is 30.1 Å². The Balaban J connectivity index is 1.63. The fourth-order valence-electron chi connectivity index (χ4n) is 2.07. The Morgan fingerprint density at radius 3 is 2.55 bits per heavy atom. The maximum atomic E-state index is 5.47. The Morgan fingerprint density at radius 1 is 1.09 bits per heavy atom. The molecule has 0 saturated heterocycles. The minimum Gasteiger partial charge on any atom is -0.368 e. The predicted molar refractivity (Wildman–Crippen MR) is 81.3 cm³/mol. The van der Waals surface area contributed by atoms with Gasteiger partial charge in [0.1, 0.15) is 0 Å². The standard InChI is InChI=1S/C15H16N6O/c1-21(9-11-7-17-15(16)18-8-11)10-13-19-14(20-22-13)12-5-3-2-4-6-12/h2-8H,9-10H2,1H3,(H2,16,17,18). The van der Waals surface area contributed by atoms with Crippen molar-refractivity contribution in [2.45, 2.75) is 13.1 Å². The van der Waals surface area contributed by atoms with Crippen LogP contribution in [0.3, 0.4) is 0 Å². The number of hydrogen-bond acceptors (Lipinski definition) is 7. The van der Waals surface area contributed by atoms with Crippen LogP contribution in [0.15, 0.2) is 47.2 Å². The van der Waals surface area contributed by atoms with Gasteiger partial charge in [-0.25, -0.2) is 9.97 Å². The number of hydrogen-bond donors (Lipinski definition) is 1. The van der Waals surface area contributed by atoms with Crippen LogP contribution in [-0.2, 0) is 13.1 Å². The lowest BCUT2D eigenvalue weighted by atomic mass is 10.2. The van der Waals surface area contributed by atoms with E-state index in [2.05, 4.69) is 20.1 Å². The second-order valence-corrected chi connectivity index (χ2v) is 5.00. The van der Waals surface area contributed by atoms with Crippen LogP contribution in [0.1, 0.15) is 11.5 Å². The summed E-state index contributed by atoms with van der Waals surface area (Å²) >= 11 is 0. The van der Waals surface area contributed by atoms with Crippen LogP contribution >= 0.6 is 0 Å². The van der Waals surface area contributed by atoms with E-state index in [1.54, 1.807) is 12.4 Å². The number of nitrogen functional groups attached to an aromatic ring is 1. The second kappa shape index (κ2) is 6.31. The Hall–Kier alpha value is -2.80. The monoisotopic (exact) mass is 296 g/mol. The SMILES string of the molecule is CN(Cc1cnc(N)nc1)Cc1nc(-c2ccccc2)no1. The maximum Gasteiger partial charge on any atom is 0.241 e. The van der Waals surface area contributed by atoms with E-state index in [4.69, 9.17) is 10.3 Å². The smallest absolute Gasteiger partial charge is 0.241 e. The van der Waals surface area contributed by atoms with E-state index in [9.17, 15) is 0 Å². The van der Waals surface area contributed by atoms with Crippen LogP contribution in [0.2, 0.25) is 0 Å². The third-order valence-corrected chi connectivity index (χ3v) is 3.08. The van der Waals surface area contributed by atoms with Crippen molar-refractivity contribution in [3.05, 3.63) is 54.2 Å². The highest BCUT2D eigenvalue weighted by molar-refractivity contribution is 5.53. The van der Waals surface area contributed by atoms with E-state index in [1.807, 2.05) is 42.3 Å². The Labute approximate surface area is 127 Å². The minimum atomic E-state index is 0.274. The number of aromatic nitrogens is 4. The lowest BCUT2D eigenvalue weighted by Crippen LogP contribution is -2.17. The van der Waals surface area contributed by atoms with Gasteiger partial charge in [-0.2, -0.15) is 4.98 Å². The second-order valence-electron chi connectivity index (χ2n) is 5.00. The fraction of sp³-hybridized carbons (Fsp3) is 0.200. The van der Waals surface area contributed by atoms with Crippen LogP contribution in [0.4, 0.5) is 5.95 Å². The number of nitrogens with two attached hydrogens (primary N) is 1. The van der Waals surface area contributed by atoms with Gasteiger partial charge in [-0.15, -0.1) is 0 Å². The molecule has 0 radical (unpaired) electrons. The van der Waals surface area contributed by atoms with Crippen LogP contribution in [0, 0.1) is 0 Å². The summed E-state index contributed by atoms with van der Waals surface area (Å²) in [6.45, 7) is 1.22. The molecule has 2 aromatic heterocycles. The van der Waals surface area contributed by atoms with E-state index in [0.717, 1.165) is 11.1 Å². The Kier molecular flexibility index (Phi) is 4.06. The van der Waals surface area contributed by atoms with Crippen molar-refractivity contribution < 1.29 is 4.52 Å². The molecule has 22 heavy (non-hydrogen) atoms. The van der Waals surface area contributed by atoms with E-state index in [1.165, 1.54) is 0 Å². The quantitative estimate of drug-likeness (QED) is 0.766. The van der Waals surface area contributed by atoms with Crippen LogP contribution in [0.5, 0.6) is 0 Å². The zero-order chi connectivity index (χ0) is 15.4. The van der Waals surface area contributed by atoms with Crippen molar-refractivity contribution >= 4 is 5.95 Å². The van der Waals surface area contributed by atoms with Crippen LogP contribution in [-0.4, -0.2) is 32.1 Å². The number of rotatable bonds is 5. The molecule has 0 bridgehead atoms. The highest BCUT2D eigenvalue weighted by Gasteiger charge is 2.11. The Morgan fingerprint density at radius 2 is 1.82 bits per heavy atom. The fourth-order valence-corrected chi connectivity index (χ4v) is 2.07. The van der Waals surface area contributed by atoms with E-state index in [-0.39, 0.29) is 5.95 Å². The molecule has 0 fully saturated rings. The first-order chi connectivity index (χ1) is 10.7. The summed E-state index contributed by atoms with van der Waals surface area (Å²) < 4.78 is 5.29. The molecule has 0 aliphatic heterocycles. The lowest BCUT2D eigenvalue weighted by molar-refractivity contribution is 0.260. The molecule has 112 valence electrons. The van der Waals surface area contributed by atoms with Gasteiger partial charge in [-0.1, -0.05) is 35.5 Å².